The van der Waals surface area contributed by atoms with Gasteiger partial charge in [0.05, 0.1) is 11.4 Å². The number of carbonyl (C=O) groups excluding carboxylic acids is 3. The van der Waals surface area contributed by atoms with Crippen molar-refractivity contribution in [1.29, 1.82) is 0 Å². The molecule has 1 amide bonds. The van der Waals surface area contributed by atoms with Gasteiger partial charge in [-0.3, -0.25) is 9.59 Å². The van der Waals surface area contributed by atoms with Gasteiger partial charge in [0.2, 0.25) is 5.60 Å². The molecule has 0 N–H and O–H groups in total. The molecule has 122 valence electrons. The summed E-state index contributed by atoms with van der Waals surface area (Å²) >= 11 is 0. The Morgan fingerprint density at radius 1 is 1.17 bits per heavy atom. The predicted molar refractivity (Wildman–Crippen MR) is 82.8 cm³/mol. The molecule has 1 aromatic carbocycles. The van der Waals surface area contributed by atoms with Crippen molar-refractivity contribution < 1.29 is 24.0 Å². The first-order valence-electron chi connectivity index (χ1n) is 7.06. The Morgan fingerprint density at radius 2 is 1.83 bits per heavy atom. The van der Waals surface area contributed by atoms with E-state index in [1.54, 1.807) is 38.2 Å². The summed E-state index contributed by atoms with van der Waals surface area (Å²) in [4.78, 5) is 41.3. The molecule has 0 saturated carbocycles. The zero-order valence-electron chi connectivity index (χ0n) is 13.5. The van der Waals surface area contributed by atoms with E-state index in [9.17, 15) is 14.4 Å². The molecule has 0 unspecified atom stereocenters. The number of ether oxygens (including phenoxy) is 1. The first-order valence-corrected chi connectivity index (χ1v) is 7.06. The molecule has 23 heavy (non-hydrogen) atoms. The van der Waals surface area contributed by atoms with Crippen LogP contribution in [0.3, 0.4) is 0 Å². The van der Waals surface area contributed by atoms with Crippen LogP contribution in [-0.4, -0.2) is 30.6 Å². The lowest BCUT2D eigenvalue weighted by atomic mass is 9.89. The van der Waals surface area contributed by atoms with Gasteiger partial charge in [0.15, 0.2) is 0 Å². The number of para-hydroxylation sites is 1. The molecular weight excluding hydrogens is 300 g/mol. The largest absolute Gasteiger partial charge is 0.444 e. The van der Waals surface area contributed by atoms with E-state index in [-0.39, 0.29) is 12.3 Å². The summed E-state index contributed by atoms with van der Waals surface area (Å²) in [5.41, 5.74) is 0.115. The third kappa shape index (κ3) is 3.08. The Hall–Kier alpha value is -2.70. The van der Waals surface area contributed by atoms with E-state index in [0.717, 1.165) is 0 Å². The highest BCUT2D eigenvalue weighted by Gasteiger charge is 2.53. The molecule has 0 bridgehead atoms. The molecule has 1 heterocycles. The first-order chi connectivity index (χ1) is 10.8. The van der Waals surface area contributed by atoms with Crippen LogP contribution in [0.4, 0.5) is 5.69 Å². The number of anilines is 1. The minimum absolute atomic E-state index is 0.0000463. The highest BCUT2D eigenvalue weighted by molar-refractivity contribution is 6.09. The van der Waals surface area contributed by atoms with Gasteiger partial charge in [0.25, 0.3) is 5.91 Å². The summed E-state index contributed by atoms with van der Waals surface area (Å²) in [6.07, 6.45) is 0.0000463. The summed E-state index contributed by atoms with van der Waals surface area (Å²) in [7, 11) is 1.62. The Balaban J connectivity index is 2.48. The second-order valence-electron chi connectivity index (χ2n) is 5.39. The molecule has 0 saturated heterocycles. The number of benzene rings is 1. The molecule has 2 rings (SSSR count). The molecule has 1 aromatic rings. The van der Waals surface area contributed by atoms with E-state index in [0.29, 0.717) is 17.0 Å². The number of likely N-dealkylation sites (N-methyl/N-ethyl adjacent to an activating group) is 1. The van der Waals surface area contributed by atoms with Gasteiger partial charge in [0.1, 0.15) is 0 Å². The van der Waals surface area contributed by atoms with Crippen LogP contribution in [0, 0.1) is 0 Å². The van der Waals surface area contributed by atoms with Crippen molar-refractivity contribution in [3.05, 3.63) is 29.8 Å². The van der Waals surface area contributed by atoms with Gasteiger partial charge in [-0.25, -0.2) is 4.79 Å². The maximum Gasteiger partial charge on any atom is 0.331 e. The van der Waals surface area contributed by atoms with Crippen LogP contribution >= 0.6 is 0 Å². The molecule has 0 fully saturated rings. The minimum atomic E-state index is -1.50. The lowest BCUT2D eigenvalue weighted by Crippen LogP contribution is -2.43. The number of hydrogen-bond acceptors (Lipinski definition) is 6. The molecule has 1 aliphatic heterocycles. The van der Waals surface area contributed by atoms with Gasteiger partial charge < -0.3 is 14.5 Å². The van der Waals surface area contributed by atoms with E-state index in [1.807, 2.05) is 0 Å². The number of rotatable bonds is 4. The van der Waals surface area contributed by atoms with Crippen LogP contribution in [0.25, 0.3) is 0 Å². The van der Waals surface area contributed by atoms with Crippen molar-refractivity contribution in [3.8, 4) is 0 Å². The molecule has 0 spiro atoms. The van der Waals surface area contributed by atoms with Gasteiger partial charge in [0, 0.05) is 32.9 Å². The van der Waals surface area contributed by atoms with E-state index in [4.69, 9.17) is 4.74 Å². The summed E-state index contributed by atoms with van der Waals surface area (Å²) < 4.78 is 5.43. The summed E-state index contributed by atoms with van der Waals surface area (Å²) in [6, 6.07) is 7.07. The number of nitrogens with zero attached hydrogens (tertiary/aromatic N) is 2. The zero-order valence-corrected chi connectivity index (χ0v) is 13.5. The molecular formula is C16H18N2O5. The highest BCUT2D eigenvalue weighted by atomic mass is 16.7. The van der Waals surface area contributed by atoms with Crippen molar-refractivity contribution in [3.63, 3.8) is 0 Å². The maximum atomic E-state index is 12.8. The summed E-state index contributed by atoms with van der Waals surface area (Å²) in [5.74, 6) is -1.52. The van der Waals surface area contributed by atoms with Crippen molar-refractivity contribution in [1.82, 2.24) is 0 Å². The van der Waals surface area contributed by atoms with Crippen molar-refractivity contribution >= 4 is 29.2 Å². The fourth-order valence-electron chi connectivity index (χ4n) is 2.69. The van der Waals surface area contributed by atoms with E-state index < -0.39 is 17.5 Å². The molecule has 7 heteroatoms. The number of esters is 1. The maximum absolute atomic E-state index is 12.8. The highest BCUT2D eigenvalue weighted by Crippen LogP contribution is 2.44. The predicted octanol–water partition coefficient (Wildman–Crippen LogP) is 1.75. The van der Waals surface area contributed by atoms with Gasteiger partial charge in [-0.15, -0.1) is 0 Å². The molecule has 1 atom stereocenters. The number of hydrogen-bond donors (Lipinski definition) is 0. The number of oxime groups is 1. The minimum Gasteiger partial charge on any atom is -0.444 e. The molecule has 0 radical (unpaired) electrons. The second kappa shape index (κ2) is 6.20. The van der Waals surface area contributed by atoms with E-state index in [2.05, 4.69) is 9.99 Å². The molecule has 0 aliphatic carbocycles. The Morgan fingerprint density at radius 3 is 2.43 bits per heavy atom. The van der Waals surface area contributed by atoms with Crippen LogP contribution in [0.5, 0.6) is 0 Å². The molecule has 0 aromatic heterocycles. The SMILES string of the molecule is CC(=O)O/N=C(\C)C[C@]1(OC(C)=O)C(=O)N(C)c2ccccc21. The average molecular weight is 318 g/mol. The fraction of sp³-hybridized carbons (Fsp3) is 0.375. The topological polar surface area (TPSA) is 85.3 Å². The van der Waals surface area contributed by atoms with Crippen LogP contribution in [0.2, 0.25) is 0 Å². The quantitative estimate of drug-likeness (QED) is 0.365. The number of carbonyl (C=O) groups is 3. The monoisotopic (exact) mass is 318 g/mol. The van der Waals surface area contributed by atoms with Gasteiger partial charge in [-0.05, 0) is 13.0 Å². The normalized spacial score (nSPS) is 20.3. The smallest absolute Gasteiger partial charge is 0.331 e. The second-order valence-corrected chi connectivity index (χ2v) is 5.39. The van der Waals surface area contributed by atoms with Crippen molar-refractivity contribution in [2.45, 2.75) is 32.8 Å². The zero-order chi connectivity index (χ0) is 17.2. The lowest BCUT2D eigenvalue weighted by molar-refractivity contribution is -0.165. The Kier molecular flexibility index (Phi) is 4.49. The average Bonchev–Trinajstić information content (AvgIpc) is 2.68. The van der Waals surface area contributed by atoms with E-state index >= 15 is 0 Å². The molecule has 7 nitrogen and oxygen atoms in total. The molecule has 1 aliphatic rings. The van der Waals surface area contributed by atoms with Crippen LogP contribution in [0.15, 0.2) is 29.4 Å². The number of fused-ring (bicyclic) bond motifs is 1. The van der Waals surface area contributed by atoms with Crippen LogP contribution < -0.4 is 4.90 Å². The Labute approximate surface area is 133 Å². The first kappa shape index (κ1) is 16.7. The third-order valence-corrected chi connectivity index (χ3v) is 3.50. The van der Waals surface area contributed by atoms with Gasteiger partial charge in [-0.1, -0.05) is 23.4 Å². The Bertz CT molecular complexity index is 697. The van der Waals surface area contributed by atoms with E-state index in [1.165, 1.54) is 18.7 Å². The summed E-state index contributed by atoms with van der Waals surface area (Å²) in [5, 5.41) is 3.68. The van der Waals surface area contributed by atoms with Crippen molar-refractivity contribution in [2.24, 2.45) is 5.16 Å². The fourth-order valence-corrected chi connectivity index (χ4v) is 2.69. The lowest BCUT2D eigenvalue weighted by Gasteiger charge is -2.27. The van der Waals surface area contributed by atoms with Crippen molar-refractivity contribution in [2.75, 3.05) is 11.9 Å². The summed E-state index contributed by atoms with van der Waals surface area (Å²) in [6.45, 7) is 4.07. The third-order valence-electron chi connectivity index (χ3n) is 3.50. The standard InChI is InChI=1S/C16H18N2O5/c1-10(17-23-12(3)20)9-16(22-11(2)19)13-7-5-6-8-14(13)18(4)15(16)21/h5-8H,9H2,1-4H3/b17-10+/t16-/m1/s1. The van der Waals surface area contributed by atoms with Gasteiger partial charge >= 0.3 is 11.9 Å². The van der Waals surface area contributed by atoms with Crippen LogP contribution in [0.1, 0.15) is 32.8 Å². The van der Waals surface area contributed by atoms with Crippen LogP contribution in [-0.2, 0) is 29.6 Å². The van der Waals surface area contributed by atoms with Gasteiger partial charge in [-0.2, -0.15) is 0 Å². The number of amides is 1.